The summed E-state index contributed by atoms with van der Waals surface area (Å²) in [5.74, 6) is 0.0815. The second kappa shape index (κ2) is 25.7. The Morgan fingerprint density at radius 1 is 0.818 bits per heavy atom. The Labute approximate surface area is 515 Å². The quantitative estimate of drug-likeness (QED) is 0.0383. The molecule has 6 aliphatic rings. The van der Waals surface area contributed by atoms with Crippen LogP contribution in [-0.4, -0.2) is 161 Å². The number of carbonyl (C=O) groups excluding carboxylic acids is 3. The number of anilines is 2. The summed E-state index contributed by atoms with van der Waals surface area (Å²) < 4.78 is 88.0. The van der Waals surface area contributed by atoms with Crippen molar-refractivity contribution >= 4 is 59.1 Å². The van der Waals surface area contributed by atoms with Crippen LogP contribution in [-0.2, 0) is 9.53 Å². The Balaban J connectivity index is 0.751. The number of piperidine rings is 2. The van der Waals surface area contributed by atoms with E-state index in [1.807, 2.05) is 4.90 Å². The molecule has 3 aromatic carbocycles. The van der Waals surface area contributed by atoms with Gasteiger partial charge in [0.25, 0.3) is 11.8 Å². The summed E-state index contributed by atoms with van der Waals surface area (Å²) in [6.07, 6.45) is 9.96. The number of piperazine rings is 1. The fraction of sp³-hybridized carbons (Fsp3) is 0.582. The molecule has 21 heteroatoms. The molecule has 0 unspecified atom stereocenters. The van der Waals surface area contributed by atoms with Gasteiger partial charge >= 0.3 is 12.0 Å². The number of hydrogen-bond acceptors (Lipinski definition) is 13. The average molecular weight is 1230 g/mol. The molecule has 4 aliphatic heterocycles. The zero-order valence-electron chi connectivity index (χ0n) is 52.3. The van der Waals surface area contributed by atoms with Crippen LogP contribution in [0.1, 0.15) is 128 Å². The Bertz CT molecular complexity index is 3470. The van der Waals surface area contributed by atoms with Crippen molar-refractivity contribution in [2.24, 2.45) is 16.7 Å². The molecule has 0 atom stereocenters. The van der Waals surface area contributed by atoms with Crippen LogP contribution in [0.2, 0.25) is 16.6 Å². The van der Waals surface area contributed by atoms with Crippen molar-refractivity contribution in [1.82, 2.24) is 35.0 Å². The van der Waals surface area contributed by atoms with E-state index in [2.05, 4.69) is 73.1 Å². The number of fused-ring (bicyclic) bond motifs is 2. The maximum absolute atomic E-state index is 17.9. The average Bonchev–Trinajstić information content (AvgIpc) is 1.25. The molecule has 0 radical (unpaired) electrons. The van der Waals surface area contributed by atoms with Gasteiger partial charge in [0.2, 0.25) is 5.91 Å². The molecule has 2 aromatic heterocycles. The number of halogens is 4. The van der Waals surface area contributed by atoms with E-state index in [1.165, 1.54) is 49.1 Å². The van der Waals surface area contributed by atoms with Gasteiger partial charge in [-0.15, -0.1) is 5.54 Å². The lowest BCUT2D eigenvalue weighted by Crippen LogP contribution is -2.50. The van der Waals surface area contributed by atoms with E-state index >= 15 is 17.6 Å². The molecule has 88 heavy (non-hydrogen) atoms. The molecule has 1 N–H and O–H groups in total. The number of pyridine rings is 1. The van der Waals surface area contributed by atoms with Gasteiger partial charge in [-0.05, 0) is 128 Å². The highest BCUT2D eigenvalue weighted by Crippen LogP contribution is 2.49. The van der Waals surface area contributed by atoms with Crippen LogP contribution in [0.5, 0.6) is 17.5 Å². The van der Waals surface area contributed by atoms with Gasteiger partial charge in [-0.3, -0.25) is 24.8 Å². The van der Waals surface area contributed by atoms with Crippen LogP contribution < -0.4 is 29.3 Å². The number of rotatable bonds is 18. The number of nitrogens with one attached hydrogen (secondary N) is 1. The molecular formula is C67H85F4N9O7Si. The highest BCUT2D eigenvalue weighted by atomic mass is 28.3. The van der Waals surface area contributed by atoms with Gasteiger partial charge in [-0.25, -0.2) is 22.4 Å². The standard InChI is InChI=1S/C67H85F4N9O7Si/c1-43(2)88(44(3)4,45(5)6)33-17-50-53(68)12-10-47-34-49(87-42-84-7)36-51(57(47)50)59-58(69)60-52(37-72-59)61(79-25-9-18-67(70,71)40-79)75-63(74-60)86-41-66(21-22-66)39-77-31-29-76(30-32-77)38-46-14-19-65(20-15-46)23-27-78(28-24-65)62(82)48-11-13-55(85-8)54(35-48)80-26-16-56(81)73-64(80)83/h10-13,34-37,43-46H,9,14-16,18-32,38-42H2,1-8H3,(H,73,81,83). The normalized spacial score (nSPS) is 20.1. The maximum Gasteiger partial charge on any atom is 0.328 e. The Hall–Kier alpha value is -6.60. The summed E-state index contributed by atoms with van der Waals surface area (Å²) in [6, 6.07) is 10.9. The molecule has 4 saturated heterocycles. The van der Waals surface area contributed by atoms with Crippen LogP contribution in [0.25, 0.3) is 32.9 Å². The predicted molar refractivity (Wildman–Crippen MR) is 335 cm³/mol. The first kappa shape index (κ1) is 63.0. The Kier molecular flexibility index (Phi) is 18.4. The van der Waals surface area contributed by atoms with Gasteiger partial charge in [-0.1, -0.05) is 53.5 Å². The number of urea groups is 1. The molecule has 0 bridgehead atoms. The number of methoxy groups -OCH3 is 2. The lowest BCUT2D eigenvalue weighted by molar-refractivity contribution is -0.120. The fourth-order valence-corrected chi connectivity index (χ4v) is 20.3. The zero-order valence-corrected chi connectivity index (χ0v) is 53.3. The van der Waals surface area contributed by atoms with Crippen molar-refractivity contribution in [3.8, 4) is 40.2 Å². The molecule has 11 rings (SSSR count). The van der Waals surface area contributed by atoms with Crippen LogP contribution in [0.3, 0.4) is 0 Å². The summed E-state index contributed by atoms with van der Waals surface area (Å²) in [7, 11) is 0.646. The van der Waals surface area contributed by atoms with Crippen molar-refractivity contribution in [1.29, 1.82) is 0 Å². The maximum atomic E-state index is 17.9. The van der Waals surface area contributed by atoms with Crippen molar-refractivity contribution < 1.29 is 50.9 Å². The molecular weight excluding hydrogens is 1150 g/mol. The number of nitrogens with zero attached hydrogens (tertiary/aromatic N) is 8. The minimum Gasteiger partial charge on any atom is -0.495 e. The van der Waals surface area contributed by atoms with Crippen LogP contribution in [0.15, 0.2) is 48.7 Å². The molecule has 16 nitrogen and oxygen atoms in total. The monoisotopic (exact) mass is 1230 g/mol. The highest BCUT2D eigenvalue weighted by molar-refractivity contribution is 6.90. The summed E-state index contributed by atoms with van der Waals surface area (Å²) in [6.45, 7) is 20.2. The van der Waals surface area contributed by atoms with E-state index in [0.29, 0.717) is 52.5 Å². The lowest BCUT2D eigenvalue weighted by Gasteiger charge is -2.47. The van der Waals surface area contributed by atoms with Gasteiger partial charge in [0.05, 0.1) is 36.9 Å². The molecule has 2 saturated carbocycles. The number of benzene rings is 3. The van der Waals surface area contributed by atoms with Crippen molar-refractivity contribution in [2.75, 3.05) is 109 Å². The van der Waals surface area contributed by atoms with E-state index in [-0.39, 0.29) is 125 Å². The fourth-order valence-electron chi connectivity index (χ4n) is 15.1. The van der Waals surface area contributed by atoms with Crippen LogP contribution in [0.4, 0.5) is 33.9 Å². The second-order valence-electron chi connectivity index (χ2n) is 26.8. The first-order valence-electron chi connectivity index (χ1n) is 31.7. The van der Waals surface area contributed by atoms with Gasteiger partial charge in [-0.2, -0.15) is 9.97 Å². The smallest absolute Gasteiger partial charge is 0.328 e. The minimum absolute atomic E-state index is 0.0661. The van der Waals surface area contributed by atoms with E-state index in [1.54, 1.807) is 36.4 Å². The van der Waals surface area contributed by atoms with E-state index in [9.17, 15) is 14.4 Å². The Morgan fingerprint density at radius 2 is 1.53 bits per heavy atom. The molecule has 1 spiro atoms. The van der Waals surface area contributed by atoms with Crippen molar-refractivity contribution in [3.05, 3.63) is 71.4 Å². The van der Waals surface area contributed by atoms with Gasteiger partial charge in [0.15, 0.2) is 12.6 Å². The Morgan fingerprint density at radius 3 is 2.19 bits per heavy atom. The topological polar surface area (TPSA) is 155 Å². The molecule has 6 heterocycles. The molecule has 4 amide bonds. The van der Waals surface area contributed by atoms with Gasteiger partial charge in [0, 0.05) is 114 Å². The third kappa shape index (κ3) is 13.0. The lowest BCUT2D eigenvalue weighted by atomic mass is 9.65. The van der Waals surface area contributed by atoms with Crippen molar-refractivity contribution in [3.63, 3.8) is 0 Å². The zero-order chi connectivity index (χ0) is 62.3. The minimum atomic E-state index is -2.99. The number of aromatic nitrogens is 3. The number of hydrogen-bond donors (Lipinski definition) is 1. The number of amides is 4. The van der Waals surface area contributed by atoms with E-state index in [0.717, 1.165) is 77.8 Å². The van der Waals surface area contributed by atoms with E-state index in [4.69, 9.17) is 28.9 Å². The number of imide groups is 1. The third-order valence-electron chi connectivity index (χ3n) is 20.3. The molecule has 2 aliphatic carbocycles. The second-order valence-corrected chi connectivity index (χ2v) is 32.4. The number of alkyl halides is 2. The predicted octanol–water partition coefficient (Wildman–Crippen LogP) is 12.3. The number of likely N-dealkylation sites (tertiary alicyclic amines) is 1. The first-order valence-corrected chi connectivity index (χ1v) is 33.9. The van der Waals surface area contributed by atoms with Crippen LogP contribution in [0, 0.1) is 39.8 Å². The molecule has 472 valence electrons. The summed E-state index contributed by atoms with van der Waals surface area (Å²) in [4.78, 5) is 62.5. The van der Waals surface area contributed by atoms with Crippen LogP contribution >= 0.6 is 0 Å². The summed E-state index contributed by atoms with van der Waals surface area (Å²) in [5.41, 5.74) is 5.58. The number of carbonyl (C=O) groups is 3. The summed E-state index contributed by atoms with van der Waals surface area (Å²) in [5, 5.41) is 3.43. The van der Waals surface area contributed by atoms with E-state index < -0.39 is 38.2 Å². The van der Waals surface area contributed by atoms with Crippen molar-refractivity contribution in [2.45, 2.75) is 135 Å². The first-order chi connectivity index (χ1) is 42.1. The number of ether oxygens (including phenoxy) is 4. The van der Waals surface area contributed by atoms with Gasteiger partial charge < -0.3 is 38.5 Å². The highest BCUT2D eigenvalue weighted by Gasteiger charge is 2.47. The molecule has 5 aromatic rings. The largest absolute Gasteiger partial charge is 0.495 e. The SMILES string of the molecule is COCOc1cc(-c2ncc3c(N4CCCC(F)(F)C4)nc(OCC4(CN5CCN(CC6CCC7(CC6)CCN(C(=O)c6ccc(OC)c(N8CCC(=O)NC8=O)c6)CC7)CC5)CC4)nc3c2F)c2c(C#C[Si](C(C)C)(C(C)C)C(C)C)c(F)ccc2c1. The van der Waals surface area contributed by atoms with Gasteiger partial charge in [0.1, 0.15) is 42.4 Å². The summed E-state index contributed by atoms with van der Waals surface area (Å²) >= 11 is 0. The third-order valence-corrected chi connectivity index (χ3v) is 26.6. The molecule has 6 fully saturated rings.